The molecule has 1 heterocycles. The number of fused-ring (bicyclic) bond motifs is 2. The molecule has 0 fully saturated rings. The van der Waals surface area contributed by atoms with Crippen LogP contribution in [0.15, 0.2) is 54.6 Å². The van der Waals surface area contributed by atoms with Gasteiger partial charge in [-0.1, -0.05) is 48.5 Å². The van der Waals surface area contributed by atoms with E-state index in [9.17, 15) is 5.11 Å². The molecule has 1 unspecified atom stereocenters. The molecule has 3 heteroatoms. The van der Waals surface area contributed by atoms with Crippen LogP contribution >= 0.6 is 0 Å². The Morgan fingerprint density at radius 2 is 1.83 bits per heavy atom. The van der Waals surface area contributed by atoms with Crippen molar-refractivity contribution in [1.29, 1.82) is 0 Å². The van der Waals surface area contributed by atoms with Crippen LogP contribution in [0.3, 0.4) is 0 Å². The summed E-state index contributed by atoms with van der Waals surface area (Å²) in [6.07, 6.45) is 2.34. The summed E-state index contributed by atoms with van der Waals surface area (Å²) in [6, 6.07) is 18.6. The molecule has 0 spiro atoms. The van der Waals surface area contributed by atoms with Gasteiger partial charge in [-0.25, -0.2) is 4.98 Å². The first-order chi connectivity index (χ1) is 11.3. The van der Waals surface area contributed by atoms with Crippen molar-refractivity contribution in [1.82, 2.24) is 4.98 Å². The highest BCUT2D eigenvalue weighted by molar-refractivity contribution is 5.93. The maximum absolute atomic E-state index is 10.3. The van der Waals surface area contributed by atoms with Crippen LogP contribution in [0.1, 0.15) is 35.8 Å². The molecule has 1 atom stereocenters. The molecule has 1 aliphatic rings. The Labute approximate surface area is 136 Å². The van der Waals surface area contributed by atoms with E-state index in [2.05, 4.69) is 35.6 Å². The van der Waals surface area contributed by atoms with E-state index in [1.165, 1.54) is 11.1 Å². The fourth-order valence-corrected chi connectivity index (χ4v) is 3.40. The number of anilines is 1. The predicted molar refractivity (Wildman–Crippen MR) is 93.4 cm³/mol. The summed E-state index contributed by atoms with van der Waals surface area (Å²) in [5.41, 5.74) is 5.36. The highest BCUT2D eigenvalue weighted by atomic mass is 16.3. The molecule has 0 amide bonds. The van der Waals surface area contributed by atoms with Crippen LogP contribution in [0, 0.1) is 0 Å². The van der Waals surface area contributed by atoms with Crippen molar-refractivity contribution in [2.24, 2.45) is 0 Å². The fraction of sp³-hybridized carbons (Fsp3) is 0.250. The third-order valence-corrected chi connectivity index (χ3v) is 4.56. The average molecular weight is 304 g/mol. The number of benzene rings is 2. The summed E-state index contributed by atoms with van der Waals surface area (Å²) in [7, 11) is 0. The minimum atomic E-state index is -0.444. The van der Waals surface area contributed by atoms with Crippen molar-refractivity contribution >= 4 is 16.6 Å². The van der Waals surface area contributed by atoms with Crippen LogP contribution in [0.4, 0.5) is 5.69 Å². The molecule has 3 nitrogen and oxygen atoms in total. The van der Waals surface area contributed by atoms with E-state index >= 15 is 0 Å². The Hall–Kier alpha value is -2.39. The molecule has 3 aromatic rings. The van der Waals surface area contributed by atoms with Gasteiger partial charge in [-0.2, -0.15) is 0 Å². The fourth-order valence-electron chi connectivity index (χ4n) is 3.40. The SMILES string of the molecule is OC1CCCc2c1nc1ccccc1c2NCc1ccccc1. The van der Waals surface area contributed by atoms with Crippen molar-refractivity contribution in [2.75, 3.05) is 5.32 Å². The third kappa shape index (κ3) is 2.68. The summed E-state index contributed by atoms with van der Waals surface area (Å²) < 4.78 is 0. The molecule has 2 aromatic carbocycles. The molecule has 0 saturated heterocycles. The van der Waals surface area contributed by atoms with Crippen LogP contribution in [0.5, 0.6) is 0 Å². The first-order valence-electron chi connectivity index (χ1n) is 8.20. The molecule has 116 valence electrons. The zero-order valence-corrected chi connectivity index (χ0v) is 13.0. The maximum Gasteiger partial charge on any atom is 0.0963 e. The van der Waals surface area contributed by atoms with Crippen molar-refractivity contribution in [3.05, 3.63) is 71.4 Å². The minimum Gasteiger partial charge on any atom is -0.387 e. The normalized spacial score (nSPS) is 17.0. The molecule has 0 bridgehead atoms. The molecule has 0 aliphatic heterocycles. The smallest absolute Gasteiger partial charge is 0.0963 e. The van der Waals surface area contributed by atoms with Gasteiger partial charge in [0.2, 0.25) is 0 Å². The number of nitrogens with one attached hydrogen (secondary N) is 1. The van der Waals surface area contributed by atoms with Crippen molar-refractivity contribution in [2.45, 2.75) is 31.9 Å². The van der Waals surface area contributed by atoms with E-state index in [1.54, 1.807) is 0 Å². The molecular formula is C20H20N2O. The van der Waals surface area contributed by atoms with Gasteiger partial charge in [0, 0.05) is 23.2 Å². The van der Waals surface area contributed by atoms with Gasteiger partial charge >= 0.3 is 0 Å². The van der Waals surface area contributed by atoms with Gasteiger partial charge in [0.1, 0.15) is 0 Å². The number of para-hydroxylation sites is 1. The van der Waals surface area contributed by atoms with Gasteiger partial charge in [-0.3, -0.25) is 0 Å². The average Bonchev–Trinajstić information content (AvgIpc) is 2.60. The lowest BCUT2D eigenvalue weighted by Crippen LogP contribution is -2.15. The summed E-state index contributed by atoms with van der Waals surface area (Å²) in [6.45, 7) is 0.775. The highest BCUT2D eigenvalue weighted by Gasteiger charge is 2.24. The first kappa shape index (κ1) is 14.2. The summed E-state index contributed by atoms with van der Waals surface area (Å²) in [5.74, 6) is 0. The zero-order valence-electron chi connectivity index (χ0n) is 13.0. The van der Waals surface area contributed by atoms with Gasteiger partial charge < -0.3 is 10.4 Å². The number of aromatic nitrogens is 1. The highest BCUT2D eigenvalue weighted by Crippen LogP contribution is 2.37. The molecule has 1 aliphatic carbocycles. The number of nitrogens with zero attached hydrogens (tertiary/aromatic N) is 1. The standard InChI is InChI=1S/C20H20N2O/c23-18-12-6-10-16-19(21-13-14-7-2-1-3-8-14)15-9-4-5-11-17(15)22-20(16)18/h1-5,7-9,11,18,23H,6,10,12-13H2,(H,21,22). The largest absolute Gasteiger partial charge is 0.387 e. The van der Waals surface area contributed by atoms with Gasteiger partial charge in [-0.15, -0.1) is 0 Å². The van der Waals surface area contributed by atoms with E-state index in [0.29, 0.717) is 0 Å². The van der Waals surface area contributed by atoms with Crippen LogP contribution in [-0.4, -0.2) is 10.1 Å². The molecule has 23 heavy (non-hydrogen) atoms. The second-order valence-electron chi connectivity index (χ2n) is 6.11. The quantitative estimate of drug-likeness (QED) is 0.761. The van der Waals surface area contributed by atoms with E-state index in [0.717, 1.165) is 48.1 Å². The van der Waals surface area contributed by atoms with Crippen molar-refractivity contribution in [3.63, 3.8) is 0 Å². The molecule has 1 aromatic heterocycles. The number of pyridine rings is 1. The lowest BCUT2D eigenvalue weighted by atomic mass is 9.90. The van der Waals surface area contributed by atoms with E-state index in [-0.39, 0.29) is 0 Å². The number of hydrogen-bond donors (Lipinski definition) is 2. The lowest BCUT2D eigenvalue weighted by Gasteiger charge is -2.25. The molecule has 0 saturated carbocycles. The van der Waals surface area contributed by atoms with E-state index in [4.69, 9.17) is 4.98 Å². The second kappa shape index (κ2) is 6.01. The summed E-state index contributed by atoms with van der Waals surface area (Å²) >= 11 is 0. The number of hydrogen-bond acceptors (Lipinski definition) is 3. The number of aliphatic hydroxyl groups excluding tert-OH is 1. The van der Waals surface area contributed by atoms with Crippen LogP contribution in [-0.2, 0) is 13.0 Å². The van der Waals surface area contributed by atoms with Crippen molar-refractivity contribution < 1.29 is 5.11 Å². The van der Waals surface area contributed by atoms with Gasteiger partial charge in [-0.05, 0) is 30.9 Å². The van der Waals surface area contributed by atoms with Gasteiger partial charge in [0.15, 0.2) is 0 Å². The molecule has 4 rings (SSSR count). The Balaban J connectivity index is 1.80. The molecule has 0 radical (unpaired) electrons. The Morgan fingerprint density at radius 3 is 2.70 bits per heavy atom. The van der Waals surface area contributed by atoms with E-state index < -0.39 is 6.10 Å². The van der Waals surface area contributed by atoms with Crippen LogP contribution in [0.2, 0.25) is 0 Å². The molecule has 2 N–H and O–H groups in total. The van der Waals surface area contributed by atoms with Crippen LogP contribution in [0.25, 0.3) is 10.9 Å². The van der Waals surface area contributed by atoms with Crippen molar-refractivity contribution in [3.8, 4) is 0 Å². The summed E-state index contributed by atoms with van der Waals surface area (Å²) in [5, 5.41) is 15.1. The third-order valence-electron chi connectivity index (χ3n) is 4.56. The summed E-state index contributed by atoms with van der Waals surface area (Å²) in [4.78, 5) is 4.72. The van der Waals surface area contributed by atoms with Crippen LogP contribution < -0.4 is 5.32 Å². The zero-order chi connectivity index (χ0) is 15.6. The Morgan fingerprint density at radius 1 is 1.04 bits per heavy atom. The first-order valence-corrected chi connectivity index (χ1v) is 8.20. The predicted octanol–water partition coefficient (Wildman–Crippen LogP) is 4.22. The topological polar surface area (TPSA) is 45.2 Å². The Kier molecular flexibility index (Phi) is 3.72. The second-order valence-corrected chi connectivity index (χ2v) is 6.11. The lowest BCUT2D eigenvalue weighted by molar-refractivity contribution is 0.152. The van der Waals surface area contributed by atoms with Gasteiger partial charge in [0.05, 0.1) is 17.3 Å². The monoisotopic (exact) mass is 304 g/mol. The number of rotatable bonds is 3. The van der Waals surface area contributed by atoms with Gasteiger partial charge in [0.25, 0.3) is 0 Å². The number of aliphatic hydroxyl groups is 1. The minimum absolute atomic E-state index is 0.444. The maximum atomic E-state index is 10.3. The molecular weight excluding hydrogens is 284 g/mol. The Bertz CT molecular complexity index is 830. The van der Waals surface area contributed by atoms with E-state index in [1.807, 2.05) is 24.3 Å².